The minimum absolute atomic E-state index is 0. The predicted molar refractivity (Wildman–Crippen MR) is 102 cm³/mol. The molecule has 1 aromatic rings. The van der Waals surface area contributed by atoms with Crippen molar-refractivity contribution >= 4 is 12.4 Å². The molecule has 0 aliphatic heterocycles. The summed E-state index contributed by atoms with van der Waals surface area (Å²) in [5, 5.41) is 3.56. The van der Waals surface area contributed by atoms with Crippen molar-refractivity contribution in [1.82, 2.24) is 5.32 Å². The Labute approximate surface area is 152 Å². The molecule has 0 bridgehead atoms. The van der Waals surface area contributed by atoms with E-state index in [1.165, 1.54) is 12.8 Å². The molecule has 0 spiro atoms. The van der Waals surface area contributed by atoms with Crippen LogP contribution in [0.15, 0.2) is 18.2 Å². The molecule has 1 aromatic carbocycles. The van der Waals surface area contributed by atoms with Gasteiger partial charge in [-0.1, -0.05) is 26.8 Å². The van der Waals surface area contributed by atoms with Gasteiger partial charge in [0.2, 0.25) is 0 Å². The number of rotatable bonds is 5. The summed E-state index contributed by atoms with van der Waals surface area (Å²) in [6.07, 6.45) is 4.45. The lowest BCUT2D eigenvalue weighted by Gasteiger charge is -2.42. The second-order valence-corrected chi connectivity index (χ2v) is 7.84. The quantitative estimate of drug-likeness (QED) is 0.779. The van der Waals surface area contributed by atoms with Crippen molar-refractivity contribution in [3.63, 3.8) is 0 Å². The summed E-state index contributed by atoms with van der Waals surface area (Å²) in [6, 6.07) is 6.00. The van der Waals surface area contributed by atoms with Crippen LogP contribution >= 0.6 is 12.4 Å². The van der Waals surface area contributed by atoms with Crippen LogP contribution in [0.4, 0.5) is 0 Å². The van der Waals surface area contributed by atoms with Gasteiger partial charge in [0.1, 0.15) is 0 Å². The Balaban J connectivity index is 0.00000288. The Morgan fingerprint density at radius 1 is 1.12 bits per heavy atom. The van der Waals surface area contributed by atoms with Crippen LogP contribution < -0.4 is 20.5 Å². The Hall–Kier alpha value is -0.970. The molecule has 24 heavy (non-hydrogen) atoms. The van der Waals surface area contributed by atoms with Crippen LogP contribution in [0, 0.1) is 11.3 Å². The molecule has 0 aromatic heterocycles. The summed E-state index contributed by atoms with van der Waals surface area (Å²) < 4.78 is 10.6. The first-order valence-electron chi connectivity index (χ1n) is 8.52. The molecule has 0 radical (unpaired) electrons. The standard InChI is InChI=1S/C19H32N2O2.ClH/c1-18(2,3)15-8-10-19(20,11-9-15)21-13-14-6-7-16(22-4)17(12-14)23-5;/h6-7,12,15,21H,8-11,13,20H2,1-5H3;1H. The lowest BCUT2D eigenvalue weighted by molar-refractivity contribution is 0.116. The number of hydrogen-bond acceptors (Lipinski definition) is 4. The summed E-state index contributed by atoms with van der Waals surface area (Å²) >= 11 is 0. The van der Waals surface area contributed by atoms with Crippen LogP contribution in [0.2, 0.25) is 0 Å². The zero-order valence-corrected chi connectivity index (χ0v) is 16.5. The highest BCUT2D eigenvalue weighted by molar-refractivity contribution is 5.85. The summed E-state index contributed by atoms with van der Waals surface area (Å²) in [7, 11) is 3.31. The van der Waals surface area contributed by atoms with Gasteiger partial charge in [-0.25, -0.2) is 0 Å². The minimum Gasteiger partial charge on any atom is -0.493 e. The highest BCUT2D eigenvalue weighted by Gasteiger charge is 2.35. The van der Waals surface area contributed by atoms with Crippen molar-refractivity contribution in [3.8, 4) is 11.5 Å². The average molecular weight is 357 g/mol. The van der Waals surface area contributed by atoms with Crippen LogP contribution in [0.5, 0.6) is 11.5 Å². The summed E-state index contributed by atoms with van der Waals surface area (Å²) in [5.41, 5.74) is 7.85. The maximum Gasteiger partial charge on any atom is 0.161 e. The predicted octanol–water partition coefficient (Wildman–Crippen LogP) is 4.11. The van der Waals surface area contributed by atoms with Crippen molar-refractivity contribution in [1.29, 1.82) is 0 Å². The molecular weight excluding hydrogens is 324 g/mol. The van der Waals surface area contributed by atoms with E-state index in [2.05, 4.69) is 32.2 Å². The number of nitrogens with one attached hydrogen (secondary N) is 1. The van der Waals surface area contributed by atoms with Crippen molar-refractivity contribution in [2.45, 2.75) is 58.7 Å². The topological polar surface area (TPSA) is 56.5 Å². The van der Waals surface area contributed by atoms with Crippen LogP contribution in [0.3, 0.4) is 0 Å². The van der Waals surface area contributed by atoms with E-state index in [0.29, 0.717) is 5.41 Å². The summed E-state index contributed by atoms with van der Waals surface area (Å²) in [6.45, 7) is 7.74. The van der Waals surface area contributed by atoms with Gasteiger partial charge in [-0.2, -0.15) is 0 Å². The van der Waals surface area contributed by atoms with Gasteiger partial charge in [0.05, 0.1) is 19.9 Å². The van der Waals surface area contributed by atoms with Gasteiger partial charge in [0.15, 0.2) is 11.5 Å². The highest BCUT2D eigenvalue weighted by Crippen LogP contribution is 2.40. The molecule has 5 heteroatoms. The molecule has 0 unspecified atom stereocenters. The van der Waals surface area contributed by atoms with Gasteiger partial charge < -0.3 is 15.2 Å². The lowest BCUT2D eigenvalue weighted by atomic mass is 9.70. The normalized spacial score (nSPS) is 24.2. The average Bonchev–Trinajstić information content (AvgIpc) is 2.52. The van der Waals surface area contributed by atoms with Crippen LogP contribution in [0.1, 0.15) is 52.0 Å². The molecule has 3 N–H and O–H groups in total. The van der Waals surface area contributed by atoms with E-state index in [1.807, 2.05) is 12.1 Å². The molecule has 0 saturated heterocycles. The second-order valence-electron chi connectivity index (χ2n) is 7.84. The largest absolute Gasteiger partial charge is 0.493 e. The SMILES string of the molecule is COc1ccc(CNC2(N)CCC(C(C)(C)C)CC2)cc1OC.Cl. The second kappa shape index (κ2) is 8.41. The molecule has 0 amide bonds. The van der Waals surface area contributed by atoms with E-state index in [9.17, 15) is 0 Å². The third-order valence-corrected chi connectivity index (χ3v) is 5.20. The highest BCUT2D eigenvalue weighted by atomic mass is 35.5. The molecule has 1 aliphatic carbocycles. The summed E-state index contributed by atoms with van der Waals surface area (Å²) in [5.74, 6) is 2.28. The monoisotopic (exact) mass is 356 g/mol. The van der Waals surface area contributed by atoms with Crippen molar-refractivity contribution in [2.75, 3.05) is 14.2 Å². The fraction of sp³-hybridized carbons (Fsp3) is 0.684. The third kappa shape index (κ3) is 5.27. The van der Waals surface area contributed by atoms with E-state index in [-0.39, 0.29) is 18.1 Å². The number of nitrogens with two attached hydrogens (primary N) is 1. The number of hydrogen-bond donors (Lipinski definition) is 2. The number of halogens is 1. The molecule has 1 aliphatic rings. The molecule has 4 nitrogen and oxygen atoms in total. The summed E-state index contributed by atoms with van der Waals surface area (Å²) in [4.78, 5) is 0. The van der Waals surface area contributed by atoms with E-state index < -0.39 is 0 Å². The van der Waals surface area contributed by atoms with Crippen LogP contribution in [-0.4, -0.2) is 19.9 Å². The van der Waals surface area contributed by atoms with Crippen LogP contribution in [0.25, 0.3) is 0 Å². The fourth-order valence-corrected chi connectivity index (χ4v) is 3.44. The fourth-order valence-electron chi connectivity index (χ4n) is 3.44. The van der Waals surface area contributed by atoms with E-state index >= 15 is 0 Å². The Morgan fingerprint density at radius 3 is 2.21 bits per heavy atom. The third-order valence-electron chi connectivity index (χ3n) is 5.20. The molecule has 138 valence electrons. The first-order valence-corrected chi connectivity index (χ1v) is 8.52. The Morgan fingerprint density at radius 2 is 1.71 bits per heavy atom. The van der Waals surface area contributed by atoms with E-state index in [4.69, 9.17) is 15.2 Å². The molecule has 2 rings (SSSR count). The zero-order chi connectivity index (χ0) is 17.1. The number of methoxy groups -OCH3 is 2. The van der Waals surface area contributed by atoms with Gasteiger partial charge in [0.25, 0.3) is 0 Å². The van der Waals surface area contributed by atoms with Gasteiger partial charge in [-0.05, 0) is 54.7 Å². The van der Waals surface area contributed by atoms with Crippen LogP contribution in [-0.2, 0) is 6.54 Å². The molecule has 0 atom stereocenters. The Kier molecular flexibility index (Phi) is 7.39. The lowest BCUT2D eigenvalue weighted by Crippen LogP contribution is -2.55. The maximum absolute atomic E-state index is 6.57. The first-order chi connectivity index (χ1) is 10.8. The van der Waals surface area contributed by atoms with E-state index in [0.717, 1.165) is 42.4 Å². The number of ether oxygens (including phenoxy) is 2. The molecular formula is C19H33ClN2O2. The zero-order valence-electron chi connectivity index (χ0n) is 15.6. The van der Waals surface area contributed by atoms with E-state index in [1.54, 1.807) is 14.2 Å². The van der Waals surface area contributed by atoms with Gasteiger partial charge in [0, 0.05) is 6.54 Å². The van der Waals surface area contributed by atoms with Crippen molar-refractivity contribution in [2.24, 2.45) is 17.1 Å². The number of benzene rings is 1. The smallest absolute Gasteiger partial charge is 0.161 e. The van der Waals surface area contributed by atoms with Gasteiger partial charge >= 0.3 is 0 Å². The van der Waals surface area contributed by atoms with Crippen molar-refractivity contribution in [3.05, 3.63) is 23.8 Å². The first kappa shape index (κ1) is 21.1. The van der Waals surface area contributed by atoms with Crippen molar-refractivity contribution < 1.29 is 9.47 Å². The van der Waals surface area contributed by atoms with Gasteiger partial charge in [-0.15, -0.1) is 12.4 Å². The van der Waals surface area contributed by atoms with Gasteiger partial charge in [-0.3, -0.25) is 5.32 Å². The minimum atomic E-state index is -0.255. The molecule has 1 saturated carbocycles. The maximum atomic E-state index is 6.57. The Bertz CT molecular complexity index is 521. The molecule has 1 fully saturated rings. The molecule has 0 heterocycles.